The Morgan fingerprint density at radius 1 is 1.43 bits per heavy atom. The van der Waals surface area contributed by atoms with E-state index in [4.69, 9.17) is 4.74 Å². The Balaban J connectivity index is 2.31. The molecule has 118 valence electrons. The monoisotopic (exact) mass is 296 g/mol. The molecule has 2 N–H and O–H groups in total. The second-order valence-electron chi connectivity index (χ2n) is 4.94. The highest BCUT2D eigenvalue weighted by Gasteiger charge is 2.26. The minimum Gasteiger partial charge on any atom is -0.467 e. The number of aromatic nitrogens is 2. The normalized spacial score (nSPS) is 13.3. The van der Waals surface area contributed by atoms with Crippen LogP contribution in [0.5, 0.6) is 0 Å². The first kappa shape index (κ1) is 17.0. The zero-order valence-corrected chi connectivity index (χ0v) is 12.8. The fourth-order valence-corrected chi connectivity index (χ4v) is 1.87. The fraction of sp³-hybridized carbons (Fsp3) is 0.643. The molecule has 21 heavy (non-hydrogen) atoms. The van der Waals surface area contributed by atoms with Gasteiger partial charge in [0.05, 0.1) is 13.4 Å². The van der Waals surface area contributed by atoms with Gasteiger partial charge in [0.1, 0.15) is 6.04 Å². The summed E-state index contributed by atoms with van der Waals surface area (Å²) in [6, 6.07) is -0.968. The third kappa shape index (κ3) is 5.85. The van der Waals surface area contributed by atoms with Crippen molar-refractivity contribution in [2.24, 2.45) is 5.92 Å². The first-order chi connectivity index (χ1) is 10.1. The molecule has 0 bridgehead atoms. The molecule has 0 fully saturated rings. The summed E-state index contributed by atoms with van der Waals surface area (Å²) in [5, 5.41) is 5.41. The molecule has 2 atom stereocenters. The standard InChI is InChI=1S/C14H24N4O3/c1-4-11(2)12(13(19)21-3)17-14(20)16-6-5-8-18-9-7-15-10-18/h7,9-12H,4-6,8H2,1-3H3,(H2,16,17,20)/t11-,12-/m0/s1. The lowest BCUT2D eigenvalue weighted by Crippen LogP contribution is -2.49. The number of hydrogen-bond acceptors (Lipinski definition) is 4. The van der Waals surface area contributed by atoms with E-state index in [1.807, 2.05) is 24.6 Å². The van der Waals surface area contributed by atoms with Gasteiger partial charge in [0.25, 0.3) is 0 Å². The number of rotatable bonds is 8. The van der Waals surface area contributed by atoms with Crippen LogP contribution in [0.4, 0.5) is 4.79 Å². The average Bonchev–Trinajstić information content (AvgIpc) is 3.01. The molecule has 0 saturated carbocycles. The molecule has 7 nitrogen and oxygen atoms in total. The molecule has 0 saturated heterocycles. The zero-order chi connectivity index (χ0) is 15.7. The number of urea groups is 1. The van der Waals surface area contributed by atoms with Crippen molar-refractivity contribution in [2.45, 2.75) is 39.3 Å². The SMILES string of the molecule is CC[C@H](C)[C@H](NC(=O)NCCCn1ccnc1)C(=O)OC. The van der Waals surface area contributed by atoms with E-state index >= 15 is 0 Å². The minimum absolute atomic E-state index is 0.0224. The van der Waals surface area contributed by atoms with Crippen LogP contribution < -0.4 is 10.6 Å². The Morgan fingerprint density at radius 2 is 2.19 bits per heavy atom. The van der Waals surface area contributed by atoms with Gasteiger partial charge in [-0.3, -0.25) is 0 Å². The van der Waals surface area contributed by atoms with Crippen molar-refractivity contribution >= 4 is 12.0 Å². The van der Waals surface area contributed by atoms with E-state index in [-0.39, 0.29) is 11.9 Å². The average molecular weight is 296 g/mol. The van der Waals surface area contributed by atoms with Gasteiger partial charge in [0.15, 0.2) is 0 Å². The number of amides is 2. The number of esters is 1. The van der Waals surface area contributed by atoms with Crippen LogP contribution in [0.15, 0.2) is 18.7 Å². The van der Waals surface area contributed by atoms with Gasteiger partial charge in [-0.05, 0) is 12.3 Å². The first-order valence-corrected chi connectivity index (χ1v) is 7.16. The Labute approximate surface area is 125 Å². The smallest absolute Gasteiger partial charge is 0.328 e. The van der Waals surface area contributed by atoms with Gasteiger partial charge in [-0.15, -0.1) is 0 Å². The van der Waals surface area contributed by atoms with E-state index in [1.165, 1.54) is 7.11 Å². The quantitative estimate of drug-likeness (QED) is 0.557. The summed E-state index contributed by atoms with van der Waals surface area (Å²) in [6.07, 6.45) is 6.89. The highest BCUT2D eigenvalue weighted by Crippen LogP contribution is 2.08. The Bertz CT molecular complexity index is 433. The van der Waals surface area contributed by atoms with E-state index in [0.29, 0.717) is 6.54 Å². The number of aryl methyl sites for hydroxylation is 1. The molecule has 0 radical (unpaired) electrons. The van der Waals surface area contributed by atoms with Gasteiger partial charge >= 0.3 is 12.0 Å². The van der Waals surface area contributed by atoms with Crippen molar-refractivity contribution < 1.29 is 14.3 Å². The Hall–Kier alpha value is -2.05. The van der Waals surface area contributed by atoms with E-state index in [9.17, 15) is 9.59 Å². The summed E-state index contributed by atoms with van der Waals surface area (Å²) < 4.78 is 6.66. The topological polar surface area (TPSA) is 85.3 Å². The molecular weight excluding hydrogens is 272 g/mol. The van der Waals surface area contributed by atoms with Crippen molar-refractivity contribution in [1.29, 1.82) is 0 Å². The second kappa shape index (κ2) is 8.99. The molecule has 0 aromatic carbocycles. The zero-order valence-electron chi connectivity index (χ0n) is 12.8. The van der Waals surface area contributed by atoms with Crippen molar-refractivity contribution in [3.8, 4) is 0 Å². The van der Waals surface area contributed by atoms with E-state index in [1.54, 1.807) is 12.5 Å². The summed E-state index contributed by atoms with van der Waals surface area (Å²) >= 11 is 0. The van der Waals surface area contributed by atoms with Gasteiger partial charge in [0.2, 0.25) is 0 Å². The highest BCUT2D eigenvalue weighted by atomic mass is 16.5. The van der Waals surface area contributed by atoms with Crippen LogP contribution in [-0.4, -0.2) is 41.2 Å². The first-order valence-electron chi connectivity index (χ1n) is 7.16. The fourth-order valence-electron chi connectivity index (χ4n) is 1.87. The van der Waals surface area contributed by atoms with Crippen LogP contribution in [0.1, 0.15) is 26.7 Å². The molecular formula is C14H24N4O3. The van der Waals surface area contributed by atoms with Crippen LogP contribution >= 0.6 is 0 Å². The maximum absolute atomic E-state index is 11.8. The number of nitrogens with one attached hydrogen (secondary N) is 2. The van der Waals surface area contributed by atoms with Crippen LogP contribution in [-0.2, 0) is 16.1 Å². The number of carbonyl (C=O) groups excluding carboxylic acids is 2. The van der Waals surface area contributed by atoms with E-state index in [2.05, 4.69) is 15.6 Å². The number of imidazole rings is 1. The summed E-state index contributed by atoms with van der Waals surface area (Å²) in [4.78, 5) is 27.4. The second-order valence-corrected chi connectivity index (χ2v) is 4.94. The predicted octanol–water partition coefficient (Wildman–Crippen LogP) is 1.16. The molecule has 2 amide bonds. The number of carbonyl (C=O) groups is 2. The number of ether oxygens (including phenoxy) is 1. The molecule has 1 heterocycles. The van der Waals surface area contributed by atoms with Crippen LogP contribution in [0.25, 0.3) is 0 Å². The van der Waals surface area contributed by atoms with E-state index < -0.39 is 12.0 Å². The molecule has 0 unspecified atom stereocenters. The highest BCUT2D eigenvalue weighted by molar-refractivity contribution is 5.83. The predicted molar refractivity (Wildman–Crippen MR) is 78.6 cm³/mol. The lowest BCUT2D eigenvalue weighted by Gasteiger charge is -2.22. The molecule has 1 aromatic heterocycles. The lowest BCUT2D eigenvalue weighted by molar-refractivity contribution is -0.144. The molecule has 1 rings (SSSR count). The number of nitrogens with zero attached hydrogens (tertiary/aromatic N) is 2. The van der Waals surface area contributed by atoms with Crippen LogP contribution in [0.3, 0.4) is 0 Å². The van der Waals surface area contributed by atoms with Gasteiger partial charge < -0.3 is 19.9 Å². The Kier molecular flexibility index (Phi) is 7.28. The third-order valence-electron chi connectivity index (χ3n) is 3.39. The molecule has 0 aliphatic rings. The minimum atomic E-state index is -0.617. The maximum atomic E-state index is 11.8. The molecule has 7 heteroatoms. The largest absolute Gasteiger partial charge is 0.467 e. The molecule has 0 aliphatic carbocycles. The molecule has 0 spiro atoms. The van der Waals surface area contributed by atoms with Gasteiger partial charge in [-0.2, -0.15) is 0 Å². The number of methoxy groups -OCH3 is 1. The van der Waals surface area contributed by atoms with Gasteiger partial charge in [-0.25, -0.2) is 14.6 Å². The lowest BCUT2D eigenvalue weighted by atomic mass is 9.99. The maximum Gasteiger partial charge on any atom is 0.328 e. The van der Waals surface area contributed by atoms with Crippen molar-refractivity contribution in [1.82, 2.24) is 20.2 Å². The van der Waals surface area contributed by atoms with Crippen molar-refractivity contribution in [2.75, 3.05) is 13.7 Å². The summed E-state index contributed by atoms with van der Waals surface area (Å²) in [5.41, 5.74) is 0. The molecule has 1 aromatic rings. The summed E-state index contributed by atoms with van der Waals surface area (Å²) in [5.74, 6) is -0.396. The van der Waals surface area contributed by atoms with Gasteiger partial charge in [0, 0.05) is 25.5 Å². The Morgan fingerprint density at radius 3 is 2.76 bits per heavy atom. The van der Waals surface area contributed by atoms with Crippen molar-refractivity contribution in [3.63, 3.8) is 0 Å². The van der Waals surface area contributed by atoms with E-state index in [0.717, 1.165) is 19.4 Å². The van der Waals surface area contributed by atoms with Crippen molar-refractivity contribution in [3.05, 3.63) is 18.7 Å². The molecule has 0 aliphatic heterocycles. The summed E-state index contributed by atoms with van der Waals surface area (Å²) in [6.45, 7) is 5.18. The van der Waals surface area contributed by atoms with Crippen LogP contribution in [0.2, 0.25) is 0 Å². The van der Waals surface area contributed by atoms with Crippen LogP contribution in [0, 0.1) is 5.92 Å². The third-order valence-corrected chi connectivity index (χ3v) is 3.39. The number of hydrogen-bond donors (Lipinski definition) is 2. The van der Waals surface area contributed by atoms with Gasteiger partial charge in [-0.1, -0.05) is 20.3 Å². The summed E-state index contributed by atoms with van der Waals surface area (Å²) in [7, 11) is 1.32.